The summed E-state index contributed by atoms with van der Waals surface area (Å²) in [6.45, 7) is 1.14. The third-order valence-corrected chi connectivity index (χ3v) is 7.54. The second kappa shape index (κ2) is 7.90. The SMILES string of the molecule is C[C@H](c1ccc(C(=O)N(C2CC2)C2CCC(CC#N)(C3CC3)CC2)cc1)C(F)(F)F. The molecule has 0 saturated heterocycles. The smallest absolute Gasteiger partial charge is 0.333 e. The highest BCUT2D eigenvalue weighted by molar-refractivity contribution is 5.95. The first-order valence-electron chi connectivity index (χ1n) is 11.1. The molecule has 3 aliphatic rings. The fourth-order valence-corrected chi connectivity index (χ4v) is 5.27. The van der Waals surface area contributed by atoms with Crippen LogP contribution in [0.25, 0.3) is 0 Å². The molecule has 6 heteroatoms. The first kappa shape index (κ1) is 21.2. The van der Waals surface area contributed by atoms with Gasteiger partial charge in [0.2, 0.25) is 0 Å². The van der Waals surface area contributed by atoms with Gasteiger partial charge in [0.1, 0.15) is 0 Å². The molecule has 1 atom stereocenters. The summed E-state index contributed by atoms with van der Waals surface area (Å²) >= 11 is 0. The third kappa shape index (κ3) is 4.22. The number of hydrogen-bond donors (Lipinski definition) is 0. The van der Waals surface area contributed by atoms with E-state index in [4.69, 9.17) is 0 Å². The second-order valence-electron chi connectivity index (χ2n) is 9.53. The van der Waals surface area contributed by atoms with Crippen LogP contribution in [-0.4, -0.2) is 29.1 Å². The molecule has 1 aromatic rings. The summed E-state index contributed by atoms with van der Waals surface area (Å²) in [6.07, 6.45) is 4.59. The van der Waals surface area contributed by atoms with Gasteiger partial charge in [-0.15, -0.1) is 0 Å². The first-order chi connectivity index (χ1) is 14.2. The molecule has 3 saturated carbocycles. The number of carbonyl (C=O) groups is 1. The van der Waals surface area contributed by atoms with Gasteiger partial charge >= 0.3 is 6.18 Å². The Kier molecular flexibility index (Phi) is 5.59. The van der Waals surface area contributed by atoms with E-state index in [9.17, 15) is 23.2 Å². The molecule has 1 amide bonds. The van der Waals surface area contributed by atoms with Crippen molar-refractivity contribution in [1.29, 1.82) is 5.26 Å². The lowest BCUT2D eigenvalue weighted by Gasteiger charge is -2.43. The second-order valence-corrected chi connectivity index (χ2v) is 9.53. The van der Waals surface area contributed by atoms with Gasteiger partial charge in [-0.05, 0) is 87.3 Å². The van der Waals surface area contributed by atoms with Crippen LogP contribution >= 0.6 is 0 Å². The lowest BCUT2D eigenvalue weighted by Crippen LogP contribution is -2.46. The standard InChI is InChI=1S/C24H29F3N2O/c1-16(24(25,26)27)17-2-4-18(5-3-17)22(30)29(20-8-9-20)21-10-12-23(13-11-21,14-15-28)19-6-7-19/h2-5,16,19-21H,6-14H2,1H3/t16-,21?,23?/m1/s1. The first-order valence-corrected chi connectivity index (χ1v) is 11.1. The van der Waals surface area contributed by atoms with Gasteiger partial charge in [0, 0.05) is 24.1 Å². The van der Waals surface area contributed by atoms with Gasteiger partial charge in [-0.25, -0.2) is 0 Å². The van der Waals surface area contributed by atoms with Gasteiger partial charge in [0.05, 0.1) is 12.0 Å². The van der Waals surface area contributed by atoms with Gasteiger partial charge in [0.15, 0.2) is 0 Å². The summed E-state index contributed by atoms with van der Waals surface area (Å²) in [5, 5.41) is 9.30. The number of amides is 1. The minimum absolute atomic E-state index is 0.0621. The zero-order valence-corrected chi connectivity index (χ0v) is 17.4. The molecular formula is C24H29F3N2O. The predicted molar refractivity (Wildman–Crippen MR) is 108 cm³/mol. The van der Waals surface area contributed by atoms with E-state index in [2.05, 4.69) is 6.07 Å². The molecule has 162 valence electrons. The van der Waals surface area contributed by atoms with E-state index in [1.165, 1.54) is 25.0 Å². The van der Waals surface area contributed by atoms with E-state index in [0.717, 1.165) is 45.4 Å². The molecule has 1 aromatic carbocycles. The Balaban J connectivity index is 1.46. The third-order valence-electron chi connectivity index (χ3n) is 7.54. The van der Waals surface area contributed by atoms with Crippen molar-refractivity contribution in [3.63, 3.8) is 0 Å². The van der Waals surface area contributed by atoms with E-state index < -0.39 is 12.1 Å². The number of hydrogen-bond acceptors (Lipinski definition) is 2. The topological polar surface area (TPSA) is 44.1 Å². The van der Waals surface area contributed by atoms with Crippen LogP contribution in [0.4, 0.5) is 13.2 Å². The molecule has 0 heterocycles. The van der Waals surface area contributed by atoms with E-state index in [-0.39, 0.29) is 29.0 Å². The molecule has 3 aliphatic carbocycles. The average molecular weight is 419 g/mol. The summed E-state index contributed by atoms with van der Waals surface area (Å²) in [5.41, 5.74) is 0.787. The molecule has 0 bridgehead atoms. The normalized spacial score (nSPS) is 27.9. The lowest BCUT2D eigenvalue weighted by molar-refractivity contribution is -0.146. The number of halogens is 3. The summed E-state index contributed by atoms with van der Waals surface area (Å²) in [4.78, 5) is 15.3. The monoisotopic (exact) mass is 418 g/mol. The van der Waals surface area contributed by atoms with Crippen molar-refractivity contribution in [3.05, 3.63) is 35.4 Å². The lowest BCUT2D eigenvalue weighted by atomic mass is 9.67. The summed E-state index contributed by atoms with van der Waals surface area (Å²) in [7, 11) is 0. The molecular weight excluding hydrogens is 389 g/mol. The fraction of sp³-hybridized carbons (Fsp3) is 0.667. The number of rotatable bonds is 6. The maximum absolute atomic E-state index is 13.3. The number of alkyl halides is 3. The van der Waals surface area contributed by atoms with Crippen molar-refractivity contribution in [1.82, 2.24) is 4.90 Å². The maximum atomic E-state index is 13.3. The Morgan fingerprint density at radius 3 is 2.13 bits per heavy atom. The number of nitriles is 1. The minimum atomic E-state index is -4.29. The molecule has 3 fully saturated rings. The molecule has 0 unspecified atom stereocenters. The van der Waals surface area contributed by atoms with Gasteiger partial charge in [-0.1, -0.05) is 12.1 Å². The van der Waals surface area contributed by atoms with Gasteiger partial charge < -0.3 is 4.90 Å². The van der Waals surface area contributed by atoms with Crippen LogP contribution in [0, 0.1) is 22.7 Å². The average Bonchev–Trinajstić information content (AvgIpc) is 3.62. The van der Waals surface area contributed by atoms with Crippen molar-refractivity contribution in [2.24, 2.45) is 11.3 Å². The highest BCUT2D eigenvalue weighted by atomic mass is 19.4. The Morgan fingerprint density at radius 1 is 1.10 bits per heavy atom. The molecule has 30 heavy (non-hydrogen) atoms. The number of benzene rings is 1. The van der Waals surface area contributed by atoms with Crippen molar-refractivity contribution >= 4 is 5.91 Å². The summed E-state index contributed by atoms with van der Waals surface area (Å²) in [5.74, 6) is -0.936. The number of carbonyl (C=O) groups excluding carboxylic acids is 1. The molecule has 4 rings (SSSR count). The molecule has 0 spiro atoms. The highest BCUT2D eigenvalue weighted by Crippen LogP contribution is 2.56. The maximum Gasteiger partial charge on any atom is 0.395 e. The number of nitrogens with zero attached hydrogens (tertiary/aromatic N) is 2. The Labute approximate surface area is 176 Å². The van der Waals surface area contributed by atoms with Crippen LogP contribution < -0.4 is 0 Å². The minimum Gasteiger partial charge on any atom is -0.333 e. The van der Waals surface area contributed by atoms with Crippen LogP contribution in [0.1, 0.15) is 86.6 Å². The van der Waals surface area contributed by atoms with E-state index >= 15 is 0 Å². The van der Waals surface area contributed by atoms with E-state index in [1.54, 1.807) is 12.1 Å². The zero-order chi connectivity index (χ0) is 21.5. The zero-order valence-electron chi connectivity index (χ0n) is 17.4. The van der Waals surface area contributed by atoms with Crippen molar-refractivity contribution in [3.8, 4) is 6.07 Å². The van der Waals surface area contributed by atoms with E-state index in [0.29, 0.717) is 17.9 Å². The molecule has 0 aromatic heterocycles. The van der Waals surface area contributed by atoms with Crippen LogP contribution in [0.3, 0.4) is 0 Å². The van der Waals surface area contributed by atoms with Crippen molar-refractivity contribution in [2.75, 3.05) is 0 Å². The summed E-state index contributed by atoms with van der Waals surface area (Å²) in [6, 6.07) is 8.77. The predicted octanol–water partition coefficient (Wildman–Crippen LogP) is 6.21. The van der Waals surface area contributed by atoms with Crippen molar-refractivity contribution in [2.45, 2.75) is 88.9 Å². The quantitative estimate of drug-likeness (QED) is 0.551. The summed E-state index contributed by atoms with van der Waals surface area (Å²) < 4.78 is 38.9. The molecule has 3 nitrogen and oxygen atoms in total. The van der Waals surface area contributed by atoms with Crippen molar-refractivity contribution < 1.29 is 18.0 Å². The van der Waals surface area contributed by atoms with Crippen LogP contribution in [0.15, 0.2) is 24.3 Å². The Bertz CT molecular complexity index is 810. The Hall–Kier alpha value is -2.03. The van der Waals surface area contributed by atoms with Crippen LogP contribution in [-0.2, 0) is 0 Å². The van der Waals surface area contributed by atoms with Gasteiger partial charge in [0.25, 0.3) is 5.91 Å². The highest BCUT2D eigenvalue weighted by Gasteiger charge is 2.49. The van der Waals surface area contributed by atoms with Gasteiger partial charge in [-0.2, -0.15) is 18.4 Å². The molecule has 0 N–H and O–H groups in total. The molecule has 0 aliphatic heterocycles. The largest absolute Gasteiger partial charge is 0.395 e. The fourth-order valence-electron chi connectivity index (χ4n) is 5.27. The molecule has 0 radical (unpaired) electrons. The van der Waals surface area contributed by atoms with Crippen LogP contribution in [0.5, 0.6) is 0 Å². The Morgan fingerprint density at radius 2 is 1.67 bits per heavy atom. The van der Waals surface area contributed by atoms with E-state index in [1.807, 2.05) is 4.90 Å². The van der Waals surface area contributed by atoms with Crippen LogP contribution in [0.2, 0.25) is 0 Å². The van der Waals surface area contributed by atoms with Gasteiger partial charge in [-0.3, -0.25) is 4.79 Å².